The van der Waals surface area contributed by atoms with Gasteiger partial charge in [-0.05, 0) is 49.6 Å². The van der Waals surface area contributed by atoms with Crippen LogP contribution in [-0.2, 0) is 14.3 Å². The number of benzene rings is 2. The van der Waals surface area contributed by atoms with E-state index in [1.165, 1.54) is 0 Å². The van der Waals surface area contributed by atoms with Crippen molar-refractivity contribution >= 4 is 29.1 Å². The van der Waals surface area contributed by atoms with E-state index < -0.39 is 0 Å². The first-order valence-corrected chi connectivity index (χ1v) is 11.8. The number of para-hydroxylation sites is 1. The molecule has 0 spiro atoms. The van der Waals surface area contributed by atoms with Crippen LogP contribution in [0.4, 0.5) is 11.4 Å². The van der Waals surface area contributed by atoms with Crippen LogP contribution in [0.25, 0.3) is 0 Å². The standard InChI is InChI=1S/C26H31N3O5/c1-3-7-24(30)28-18-10-13-22-20(14-18)26(32)29(2)21-12-11-19(34-23(21)16-33-22)15-25(31)27-17-8-5-4-6-9-17/h4-6,8-10,13-14,19,21,23H,3,7,11-12,15-16H2,1-2H3,(H,27,31)(H,28,30)/t19-,21-,23-/m1/s1. The number of hydrogen-bond donors (Lipinski definition) is 2. The second-order valence-electron chi connectivity index (χ2n) is 8.80. The first-order chi connectivity index (χ1) is 16.4. The topological polar surface area (TPSA) is 97.0 Å². The maximum Gasteiger partial charge on any atom is 0.257 e. The lowest BCUT2D eigenvalue weighted by molar-refractivity contribution is -0.130. The molecule has 0 aliphatic carbocycles. The highest BCUT2D eigenvalue weighted by Gasteiger charge is 2.39. The van der Waals surface area contributed by atoms with Gasteiger partial charge in [-0.25, -0.2) is 0 Å². The van der Waals surface area contributed by atoms with Gasteiger partial charge in [0.2, 0.25) is 11.8 Å². The number of ether oxygens (including phenoxy) is 2. The van der Waals surface area contributed by atoms with Gasteiger partial charge in [-0.2, -0.15) is 0 Å². The monoisotopic (exact) mass is 465 g/mol. The average Bonchev–Trinajstić information content (AvgIpc) is 2.82. The predicted octanol–water partition coefficient (Wildman–Crippen LogP) is 3.83. The van der Waals surface area contributed by atoms with Crippen LogP contribution in [0, 0.1) is 0 Å². The summed E-state index contributed by atoms with van der Waals surface area (Å²) in [6, 6.07) is 14.3. The molecule has 4 rings (SSSR count). The Hall–Kier alpha value is -3.39. The number of carbonyl (C=O) groups excluding carboxylic acids is 3. The predicted molar refractivity (Wildman–Crippen MR) is 129 cm³/mol. The molecule has 3 amide bonds. The molecular formula is C26H31N3O5. The number of carbonyl (C=O) groups is 3. The molecule has 0 unspecified atom stereocenters. The van der Waals surface area contributed by atoms with Crippen molar-refractivity contribution in [1.82, 2.24) is 4.90 Å². The highest BCUT2D eigenvalue weighted by Crippen LogP contribution is 2.32. The molecule has 2 aromatic rings. The largest absolute Gasteiger partial charge is 0.490 e. The molecule has 2 N–H and O–H groups in total. The van der Waals surface area contributed by atoms with Crippen molar-refractivity contribution in [2.75, 3.05) is 24.3 Å². The van der Waals surface area contributed by atoms with E-state index in [1.54, 1.807) is 30.1 Å². The second-order valence-corrected chi connectivity index (χ2v) is 8.80. The van der Waals surface area contributed by atoms with Gasteiger partial charge in [0.05, 0.1) is 24.1 Å². The van der Waals surface area contributed by atoms with E-state index in [-0.39, 0.29) is 49.0 Å². The van der Waals surface area contributed by atoms with Crippen molar-refractivity contribution < 1.29 is 23.9 Å². The molecule has 1 fully saturated rings. The zero-order valence-corrected chi connectivity index (χ0v) is 19.6. The van der Waals surface area contributed by atoms with Crippen molar-refractivity contribution in [3.05, 3.63) is 54.1 Å². The van der Waals surface area contributed by atoms with E-state index in [0.717, 1.165) is 12.1 Å². The molecular weight excluding hydrogens is 434 g/mol. The van der Waals surface area contributed by atoms with Gasteiger partial charge in [0, 0.05) is 24.8 Å². The minimum Gasteiger partial charge on any atom is -0.490 e. The quantitative estimate of drug-likeness (QED) is 0.676. The van der Waals surface area contributed by atoms with Crippen LogP contribution in [0.3, 0.4) is 0 Å². The smallest absolute Gasteiger partial charge is 0.257 e. The molecule has 0 saturated carbocycles. The third kappa shape index (κ3) is 5.56. The lowest BCUT2D eigenvalue weighted by atomic mass is 9.94. The highest BCUT2D eigenvalue weighted by atomic mass is 16.5. The van der Waals surface area contributed by atoms with E-state index in [4.69, 9.17) is 9.47 Å². The van der Waals surface area contributed by atoms with Crippen LogP contribution in [0.1, 0.15) is 49.4 Å². The lowest BCUT2D eigenvalue weighted by Gasteiger charge is -2.42. The van der Waals surface area contributed by atoms with E-state index in [0.29, 0.717) is 36.3 Å². The normalized spacial score (nSPS) is 21.9. The number of anilines is 2. The summed E-state index contributed by atoms with van der Waals surface area (Å²) >= 11 is 0. The van der Waals surface area contributed by atoms with E-state index in [9.17, 15) is 14.4 Å². The van der Waals surface area contributed by atoms with Crippen LogP contribution >= 0.6 is 0 Å². The van der Waals surface area contributed by atoms with Gasteiger partial charge in [-0.15, -0.1) is 0 Å². The molecule has 2 aliphatic rings. The van der Waals surface area contributed by atoms with Gasteiger partial charge < -0.3 is 25.0 Å². The molecule has 8 heteroatoms. The molecule has 34 heavy (non-hydrogen) atoms. The Balaban J connectivity index is 1.42. The van der Waals surface area contributed by atoms with Crippen LogP contribution in [0.5, 0.6) is 5.75 Å². The fourth-order valence-electron chi connectivity index (χ4n) is 4.50. The zero-order chi connectivity index (χ0) is 24.1. The Morgan fingerprint density at radius 3 is 2.56 bits per heavy atom. The molecule has 2 heterocycles. The molecule has 2 aromatic carbocycles. The first kappa shape index (κ1) is 23.8. The Labute approximate surface area is 199 Å². The van der Waals surface area contributed by atoms with Crippen LogP contribution in [-0.4, -0.2) is 54.5 Å². The van der Waals surface area contributed by atoms with Gasteiger partial charge in [0.25, 0.3) is 5.91 Å². The van der Waals surface area contributed by atoms with E-state index in [1.807, 2.05) is 37.3 Å². The third-order valence-corrected chi connectivity index (χ3v) is 6.24. The van der Waals surface area contributed by atoms with Gasteiger partial charge in [-0.1, -0.05) is 25.1 Å². The number of rotatable bonds is 6. The number of hydrogen-bond acceptors (Lipinski definition) is 5. The summed E-state index contributed by atoms with van der Waals surface area (Å²) in [7, 11) is 1.77. The molecule has 0 aromatic heterocycles. The maximum absolute atomic E-state index is 13.3. The number of nitrogens with zero attached hydrogens (tertiary/aromatic N) is 1. The minimum absolute atomic E-state index is 0.0851. The van der Waals surface area contributed by atoms with Crippen LogP contribution in [0.2, 0.25) is 0 Å². The summed E-state index contributed by atoms with van der Waals surface area (Å²) in [6.07, 6.45) is 2.21. The Morgan fingerprint density at radius 2 is 1.79 bits per heavy atom. The molecule has 2 aliphatic heterocycles. The molecule has 1 saturated heterocycles. The van der Waals surface area contributed by atoms with Crippen molar-refractivity contribution in [3.8, 4) is 5.75 Å². The Bertz CT molecular complexity index is 1040. The number of fused-ring (bicyclic) bond motifs is 2. The fourth-order valence-corrected chi connectivity index (χ4v) is 4.50. The lowest BCUT2D eigenvalue weighted by Crippen LogP contribution is -2.53. The highest BCUT2D eigenvalue weighted by molar-refractivity contribution is 5.99. The van der Waals surface area contributed by atoms with Crippen molar-refractivity contribution in [2.45, 2.75) is 57.3 Å². The second kappa shape index (κ2) is 10.7. The number of nitrogens with one attached hydrogen (secondary N) is 2. The number of amides is 3. The molecule has 0 radical (unpaired) electrons. The van der Waals surface area contributed by atoms with Crippen molar-refractivity contribution in [2.24, 2.45) is 0 Å². The molecule has 180 valence electrons. The van der Waals surface area contributed by atoms with Gasteiger partial charge >= 0.3 is 0 Å². The third-order valence-electron chi connectivity index (χ3n) is 6.24. The molecule has 8 nitrogen and oxygen atoms in total. The number of likely N-dealkylation sites (N-methyl/N-ethyl adjacent to an activating group) is 1. The van der Waals surface area contributed by atoms with E-state index in [2.05, 4.69) is 10.6 Å². The van der Waals surface area contributed by atoms with Gasteiger partial charge in [0.15, 0.2) is 0 Å². The zero-order valence-electron chi connectivity index (χ0n) is 19.6. The minimum atomic E-state index is -0.339. The van der Waals surface area contributed by atoms with Crippen molar-refractivity contribution in [3.63, 3.8) is 0 Å². The molecule has 3 atom stereocenters. The molecule has 0 bridgehead atoms. The summed E-state index contributed by atoms with van der Waals surface area (Å²) in [5.74, 6) is 0.0865. The fraction of sp³-hybridized carbons (Fsp3) is 0.423. The van der Waals surface area contributed by atoms with Crippen molar-refractivity contribution in [1.29, 1.82) is 0 Å². The summed E-state index contributed by atoms with van der Waals surface area (Å²) in [5, 5.41) is 5.73. The van der Waals surface area contributed by atoms with Gasteiger partial charge in [0.1, 0.15) is 18.5 Å². The SMILES string of the molecule is CCCC(=O)Nc1ccc2c(c1)C(=O)N(C)[C@@H]1CC[C@H](CC(=O)Nc3ccccc3)O[C@@H]1CO2. The summed E-state index contributed by atoms with van der Waals surface area (Å²) in [6.45, 7) is 2.21. The Kier molecular flexibility index (Phi) is 7.47. The summed E-state index contributed by atoms with van der Waals surface area (Å²) in [5.41, 5.74) is 1.74. The summed E-state index contributed by atoms with van der Waals surface area (Å²) < 4.78 is 12.2. The average molecular weight is 466 g/mol. The summed E-state index contributed by atoms with van der Waals surface area (Å²) in [4.78, 5) is 39.4. The van der Waals surface area contributed by atoms with Gasteiger partial charge in [-0.3, -0.25) is 14.4 Å². The maximum atomic E-state index is 13.3. The van der Waals surface area contributed by atoms with Crippen LogP contribution in [0.15, 0.2) is 48.5 Å². The van der Waals surface area contributed by atoms with Crippen LogP contribution < -0.4 is 15.4 Å². The van der Waals surface area contributed by atoms with E-state index >= 15 is 0 Å². The Morgan fingerprint density at radius 1 is 1.03 bits per heavy atom. The first-order valence-electron chi connectivity index (χ1n) is 11.8.